The Hall–Kier alpha value is -0.830. The second kappa shape index (κ2) is 8.57. The minimum Gasteiger partial charge on any atom is -0.314 e. The van der Waals surface area contributed by atoms with Crippen molar-refractivity contribution in [2.75, 3.05) is 6.54 Å². The zero-order valence-corrected chi connectivity index (χ0v) is 14.2. The lowest BCUT2D eigenvalue weighted by atomic mass is 9.95. The Kier molecular flexibility index (Phi) is 6.75. The normalized spacial score (nSPS) is 23.2. The number of hydrogen-bond acceptors (Lipinski definition) is 2. The summed E-state index contributed by atoms with van der Waals surface area (Å²) in [6.45, 7) is 8.70. The third kappa shape index (κ3) is 5.46. The van der Waals surface area contributed by atoms with Gasteiger partial charge < -0.3 is 5.32 Å². The fourth-order valence-corrected chi connectivity index (χ4v) is 3.72. The van der Waals surface area contributed by atoms with Gasteiger partial charge in [-0.05, 0) is 58.1 Å². The zero-order valence-electron chi connectivity index (χ0n) is 14.2. The molecule has 0 spiro atoms. The van der Waals surface area contributed by atoms with Crippen LogP contribution >= 0.6 is 0 Å². The average molecular weight is 291 g/mol. The zero-order chi connectivity index (χ0) is 15.1. The van der Waals surface area contributed by atoms with Crippen molar-refractivity contribution in [1.82, 2.24) is 15.1 Å². The Morgan fingerprint density at radius 2 is 2.10 bits per heavy atom. The molecule has 1 aliphatic rings. The lowest BCUT2D eigenvalue weighted by molar-refractivity contribution is 0.405. The van der Waals surface area contributed by atoms with Gasteiger partial charge in [0.25, 0.3) is 0 Å². The summed E-state index contributed by atoms with van der Waals surface area (Å²) in [6.07, 6.45) is 11.0. The molecule has 0 amide bonds. The molecule has 120 valence electrons. The first-order valence-corrected chi connectivity index (χ1v) is 8.93. The van der Waals surface area contributed by atoms with Crippen LogP contribution in [0.5, 0.6) is 0 Å². The maximum Gasteiger partial charge on any atom is 0.0596 e. The summed E-state index contributed by atoms with van der Waals surface area (Å²) in [5.74, 6) is 0.997. The number of hydrogen-bond donors (Lipinski definition) is 1. The molecule has 1 heterocycles. The third-order valence-corrected chi connectivity index (χ3v) is 4.87. The van der Waals surface area contributed by atoms with Gasteiger partial charge in [0.05, 0.1) is 5.69 Å². The van der Waals surface area contributed by atoms with E-state index >= 15 is 0 Å². The second-order valence-corrected chi connectivity index (χ2v) is 6.82. The average Bonchev–Trinajstić information content (AvgIpc) is 2.64. The first kappa shape index (κ1) is 16.5. The van der Waals surface area contributed by atoms with E-state index < -0.39 is 0 Å². The molecule has 3 nitrogen and oxygen atoms in total. The van der Waals surface area contributed by atoms with E-state index in [4.69, 9.17) is 0 Å². The molecule has 1 saturated carbocycles. The maximum absolute atomic E-state index is 4.53. The Labute approximate surface area is 130 Å². The van der Waals surface area contributed by atoms with Gasteiger partial charge in [0, 0.05) is 18.3 Å². The van der Waals surface area contributed by atoms with Crippen molar-refractivity contribution in [3.8, 4) is 0 Å². The van der Waals surface area contributed by atoms with Crippen molar-refractivity contribution < 1.29 is 0 Å². The molecule has 0 radical (unpaired) electrons. The standard InChI is InChI=1S/C18H33N3/c1-4-7-17-8-5-9-18(11-10-17)19-12-6-13-21-16(3)14-15(2)20-21/h14,17-19H,4-13H2,1-3H3. The van der Waals surface area contributed by atoms with E-state index in [1.807, 2.05) is 0 Å². The molecule has 21 heavy (non-hydrogen) atoms. The highest BCUT2D eigenvalue weighted by molar-refractivity contribution is 5.06. The highest BCUT2D eigenvalue weighted by Gasteiger charge is 2.17. The first-order chi connectivity index (χ1) is 10.2. The summed E-state index contributed by atoms with van der Waals surface area (Å²) < 4.78 is 2.14. The molecule has 1 aromatic rings. The largest absolute Gasteiger partial charge is 0.314 e. The maximum atomic E-state index is 4.53. The molecule has 2 unspecified atom stereocenters. The minimum atomic E-state index is 0.757. The molecule has 1 aromatic heterocycles. The molecule has 0 aliphatic heterocycles. The van der Waals surface area contributed by atoms with Gasteiger partial charge in [-0.3, -0.25) is 4.68 Å². The molecular formula is C18H33N3. The van der Waals surface area contributed by atoms with Crippen LogP contribution in [-0.2, 0) is 6.54 Å². The topological polar surface area (TPSA) is 29.9 Å². The second-order valence-electron chi connectivity index (χ2n) is 6.82. The lowest BCUT2D eigenvalue weighted by Gasteiger charge is -2.17. The van der Waals surface area contributed by atoms with Gasteiger partial charge >= 0.3 is 0 Å². The van der Waals surface area contributed by atoms with Crippen LogP contribution in [0.15, 0.2) is 6.07 Å². The van der Waals surface area contributed by atoms with Crippen LogP contribution in [-0.4, -0.2) is 22.4 Å². The predicted octanol–water partition coefficient (Wildman–Crippen LogP) is 4.23. The van der Waals surface area contributed by atoms with Gasteiger partial charge in [-0.1, -0.05) is 32.6 Å². The molecule has 0 aromatic carbocycles. The van der Waals surface area contributed by atoms with Crippen molar-refractivity contribution in [3.63, 3.8) is 0 Å². The Morgan fingerprint density at radius 1 is 1.24 bits per heavy atom. The molecule has 1 fully saturated rings. The van der Waals surface area contributed by atoms with E-state index in [-0.39, 0.29) is 0 Å². The molecule has 1 aliphatic carbocycles. The van der Waals surface area contributed by atoms with E-state index in [9.17, 15) is 0 Å². The summed E-state index contributed by atoms with van der Waals surface area (Å²) in [5.41, 5.74) is 2.41. The van der Waals surface area contributed by atoms with Gasteiger partial charge in [0.15, 0.2) is 0 Å². The van der Waals surface area contributed by atoms with Crippen LogP contribution in [0.25, 0.3) is 0 Å². The Bertz CT molecular complexity index is 411. The lowest BCUT2D eigenvalue weighted by Crippen LogP contribution is -2.30. The minimum absolute atomic E-state index is 0.757. The SMILES string of the molecule is CCCC1CCCC(NCCCn2nc(C)cc2C)CC1. The molecule has 1 N–H and O–H groups in total. The molecular weight excluding hydrogens is 258 g/mol. The van der Waals surface area contributed by atoms with Crippen molar-refractivity contribution in [2.45, 2.75) is 84.7 Å². The van der Waals surface area contributed by atoms with Crippen molar-refractivity contribution in [2.24, 2.45) is 5.92 Å². The smallest absolute Gasteiger partial charge is 0.0596 e. The summed E-state index contributed by atoms with van der Waals surface area (Å²) in [7, 11) is 0. The number of aromatic nitrogens is 2. The van der Waals surface area contributed by atoms with E-state index in [1.165, 1.54) is 57.1 Å². The summed E-state index contributed by atoms with van der Waals surface area (Å²) in [5, 5.41) is 8.31. The fraction of sp³-hybridized carbons (Fsp3) is 0.833. The van der Waals surface area contributed by atoms with Crippen molar-refractivity contribution >= 4 is 0 Å². The monoisotopic (exact) mass is 291 g/mol. The van der Waals surface area contributed by atoms with Crippen LogP contribution < -0.4 is 5.32 Å². The summed E-state index contributed by atoms with van der Waals surface area (Å²) in [4.78, 5) is 0. The van der Waals surface area contributed by atoms with E-state index in [1.54, 1.807) is 0 Å². The van der Waals surface area contributed by atoms with Crippen LogP contribution in [0.1, 0.15) is 69.7 Å². The van der Waals surface area contributed by atoms with Crippen molar-refractivity contribution in [3.05, 3.63) is 17.5 Å². The van der Waals surface area contributed by atoms with Crippen molar-refractivity contribution in [1.29, 1.82) is 0 Å². The Balaban J connectivity index is 1.63. The molecule has 2 rings (SSSR count). The van der Waals surface area contributed by atoms with E-state index in [2.05, 4.69) is 41.9 Å². The first-order valence-electron chi connectivity index (χ1n) is 8.93. The van der Waals surface area contributed by atoms with Gasteiger partial charge in [0.1, 0.15) is 0 Å². The summed E-state index contributed by atoms with van der Waals surface area (Å²) >= 11 is 0. The van der Waals surface area contributed by atoms with Gasteiger partial charge in [-0.2, -0.15) is 5.10 Å². The van der Waals surface area contributed by atoms with E-state index in [0.717, 1.165) is 30.7 Å². The number of nitrogens with zero attached hydrogens (tertiary/aromatic N) is 2. The fourth-order valence-electron chi connectivity index (χ4n) is 3.72. The predicted molar refractivity (Wildman–Crippen MR) is 89.6 cm³/mol. The summed E-state index contributed by atoms with van der Waals surface area (Å²) in [6, 6.07) is 2.92. The van der Waals surface area contributed by atoms with Crippen LogP contribution in [0.2, 0.25) is 0 Å². The third-order valence-electron chi connectivity index (χ3n) is 4.87. The van der Waals surface area contributed by atoms with Crippen LogP contribution in [0.4, 0.5) is 0 Å². The number of aryl methyl sites for hydroxylation is 3. The van der Waals surface area contributed by atoms with Gasteiger partial charge in [0.2, 0.25) is 0 Å². The van der Waals surface area contributed by atoms with Crippen LogP contribution in [0.3, 0.4) is 0 Å². The van der Waals surface area contributed by atoms with Gasteiger partial charge in [-0.15, -0.1) is 0 Å². The molecule has 2 atom stereocenters. The highest BCUT2D eigenvalue weighted by atomic mass is 15.3. The van der Waals surface area contributed by atoms with E-state index in [0.29, 0.717) is 0 Å². The van der Waals surface area contributed by atoms with Gasteiger partial charge in [-0.25, -0.2) is 0 Å². The molecule has 0 saturated heterocycles. The highest BCUT2D eigenvalue weighted by Crippen LogP contribution is 2.26. The molecule has 0 bridgehead atoms. The number of rotatable bonds is 7. The quantitative estimate of drug-likeness (QED) is 0.602. The number of nitrogens with one attached hydrogen (secondary N) is 1. The molecule has 3 heteroatoms. The van der Waals surface area contributed by atoms with Crippen LogP contribution in [0, 0.1) is 19.8 Å². The Morgan fingerprint density at radius 3 is 2.81 bits per heavy atom.